The lowest BCUT2D eigenvalue weighted by Gasteiger charge is -2.27. The van der Waals surface area contributed by atoms with Crippen LogP contribution in [0.4, 0.5) is 17.1 Å². The molecule has 0 saturated carbocycles. The summed E-state index contributed by atoms with van der Waals surface area (Å²) < 4.78 is 6.66. The SMILES string of the molecule is CC1(C)c2ccccc2-c2cc(N(c3ccc4c5ccccc5c5ccccc5c4c3)c3cccc4c3oc3ccccc34)ccc21. The fourth-order valence-corrected chi connectivity index (χ4v) is 8.22. The van der Waals surface area contributed by atoms with Crippen LogP contribution in [0.5, 0.6) is 0 Å². The lowest BCUT2D eigenvalue weighted by molar-refractivity contribution is 0.660. The van der Waals surface area contributed by atoms with Crippen molar-refractivity contribution in [2.75, 3.05) is 4.90 Å². The van der Waals surface area contributed by atoms with Gasteiger partial charge in [-0.2, -0.15) is 0 Å². The van der Waals surface area contributed by atoms with Gasteiger partial charge in [0, 0.05) is 27.6 Å². The van der Waals surface area contributed by atoms with E-state index >= 15 is 0 Å². The Labute approximate surface area is 273 Å². The Morgan fingerprint density at radius 2 is 0.979 bits per heavy atom. The van der Waals surface area contributed by atoms with Crippen LogP contribution in [0.1, 0.15) is 25.0 Å². The second-order valence-corrected chi connectivity index (χ2v) is 13.3. The largest absolute Gasteiger partial charge is 0.454 e. The van der Waals surface area contributed by atoms with Crippen LogP contribution in [-0.2, 0) is 5.41 Å². The van der Waals surface area contributed by atoms with Gasteiger partial charge in [0.05, 0.1) is 5.69 Å². The molecule has 1 aromatic heterocycles. The van der Waals surface area contributed by atoms with E-state index in [0.717, 1.165) is 39.0 Å². The maximum Gasteiger partial charge on any atom is 0.159 e. The molecule has 222 valence electrons. The van der Waals surface area contributed by atoms with Gasteiger partial charge in [0.15, 0.2) is 5.58 Å². The molecule has 0 fully saturated rings. The number of rotatable bonds is 3. The molecule has 0 amide bonds. The Morgan fingerprint density at radius 1 is 0.426 bits per heavy atom. The van der Waals surface area contributed by atoms with E-state index in [4.69, 9.17) is 4.42 Å². The average molecular weight is 602 g/mol. The molecule has 2 nitrogen and oxygen atoms in total. The first kappa shape index (κ1) is 26.4. The van der Waals surface area contributed by atoms with Gasteiger partial charge in [0.25, 0.3) is 0 Å². The Bertz CT molecular complexity index is 2690. The topological polar surface area (TPSA) is 16.4 Å². The number of anilines is 3. The quantitative estimate of drug-likeness (QED) is 0.187. The first-order valence-corrected chi connectivity index (χ1v) is 16.4. The third kappa shape index (κ3) is 3.67. The molecule has 0 unspecified atom stereocenters. The van der Waals surface area contributed by atoms with Crippen LogP contribution in [0.2, 0.25) is 0 Å². The number of nitrogens with zero attached hydrogens (tertiary/aromatic N) is 1. The maximum absolute atomic E-state index is 6.66. The molecule has 9 aromatic rings. The molecule has 0 aliphatic heterocycles. The summed E-state index contributed by atoms with van der Waals surface area (Å²) in [5, 5.41) is 9.84. The smallest absolute Gasteiger partial charge is 0.159 e. The van der Waals surface area contributed by atoms with Crippen molar-refractivity contribution in [1.29, 1.82) is 0 Å². The number of hydrogen-bond acceptors (Lipinski definition) is 2. The van der Waals surface area contributed by atoms with E-state index in [2.05, 4.69) is 164 Å². The summed E-state index contributed by atoms with van der Waals surface area (Å²) in [7, 11) is 0. The first-order chi connectivity index (χ1) is 23.1. The van der Waals surface area contributed by atoms with Crippen LogP contribution < -0.4 is 4.90 Å². The normalized spacial score (nSPS) is 13.5. The van der Waals surface area contributed by atoms with Crippen LogP contribution in [-0.4, -0.2) is 0 Å². The summed E-state index contributed by atoms with van der Waals surface area (Å²) in [5.74, 6) is 0. The molecule has 2 heteroatoms. The van der Waals surface area contributed by atoms with Gasteiger partial charge in [-0.25, -0.2) is 0 Å². The van der Waals surface area contributed by atoms with Gasteiger partial charge < -0.3 is 9.32 Å². The Kier molecular flexibility index (Phi) is 5.37. The fourth-order valence-electron chi connectivity index (χ4n) is 8.22. The van der Waals surface area contributed by atoms with Crippen molar-refractivity contribution in [1.82, 2.24) is 0 Å². The number of benzene rings is 8. The number of hydrogen-bond donors (Lipinski definition) is 0. The summed E-state index contributed by atoms with van der Waals surface area (Å²) in [4.78, 5) is 2.39. The Hall–Kier alpha value is -5.86. The highest BCUT2D eigenvalue weighted by atomic mass is 16.3. The van der Waals surface area contributed by atoms with E-state index in [1.165, 1.54) is 54.6 Å². The van der Waals surface area contributed by atoms with Crippen molar-refractivity contribution in [3.8, 4) is 11.1 Å². The predicted molar refractivity (Wildman–Crippen MR) is 198 cm³/mol. The minimum atomic E-state index is -0.0586. The molecule has 0 N–H and O–H groups in total. The van der Waals surface area contributed by atoms with E-state index in [1.807, 2.05) is 6.07 Å². The second kappa shape index (κ2) is 9.57. The van der Waals surface area contributed by atoms with Gasteiger partial charge in [-0.1, -0.05) is 129 Å². The molecule has 47 heavy (non-hydrogen) atoms. The summed E-state index contributed by atoms with van der Waals surface area (Å²) >= 11 is 0. The number of fused-ring (bicyclic) bond motifs is 12. The molecule has 1 aliphatic carbocycles. The van der Waals surface area contributed by atoms with Crippen LogP contribution in [0, 0.1) is 0 Å². The van der Waals surface area contributed by atoms with Crippen LogP contribution in [0.15, 0.2) is 156 Å². The zero-order valence-corrected chi connectivity index (χ0v) is 26.3. The van der Waals surface area contributed by atoms with Gasteiger partial charge in [-0.3, -0.25) is 0 Å². The van der Waals surface area contributed by atoms with Gasteiger partial charge >= 0.3 is 0 Å². The number of furan rings is 1. The second-order valence-electron chi connectivity index (χ2n) is 13.3. The molecule has 0 saturated heterocycles. The van der Waals surface area contributed by atoms with Crippen molar-refractivity contribution in [2.24, 2.45) is 0 Å². The average Bonchev–Trinajstić information content (AvgIpc) is 3.61. The van der Waals surface area contributed by atoms with Crippen LogP contribution in [0.25, 0.3) is 65.4 Å². The highest BCUT2D eigenvalue weighted by molar-refractivity contribution is 6.26. The number of para-hydroxylation sites is 2. The van der Waals surface area contributed by atoms with E-state index in [1.54, 1.807) is 0 Å². The van der Waals surface area contributed by atoms with Gasteiger partial charge in [0.2, 0.25) is 0 Å². The van der Waals surface area contributed by atoms with E-state index in [-0.39, 0.29) is 5.41 Å². The Morgan fingerprint density at radius 3 is 1.74 bits per heavy atom. The molecule has 8 aromatic carbocycles. The molecular formula is C45H31NO. The van der Waals surface area contributed by atoms with E-state index in [9.17, 15) is 0 Å². The molecule has 1 aliphatic rings. The zero-order chi connectivity index (χ0) is 31.3. The fraction of sp³-hybridized carbons (Fsp3) is 0.0667. The van der Waals surface area contributed by atoms with Crippen molar-refractivity contribution in [2.45, 2.75) is 19.3 Å². The molecule has 0 bridgehead atoms. The lowest BCUT2D eigenvalue weighted by Crippen LogP contribution is -2.15. The monoisotopic (exact) mass is 601 g/mol. The minimum absolute atomic E-state index is 0.0586. The van der Waals surface area contributed by atoms with E-state index in [0.29, 0.717) is 0 Å². The molecule has 1 heterocycles. The minimum Gasteiger partial charge on any atom is -0.454 e. The molecule has 10 rings (SSSR count). The highest BCUT2D eigenvalue weighted by Crippen LogP contribution is 2.51. The molecule has 0 radical (unpaired) electrons. The summed E-state index contributed by atoms with van der Waals surface area (Å²) in [6, 6.07) is 55.2. The molecular weight excluding hydrogens is 571 g/mol. The molecule has 0 atom stereocenters. The maximum atomic E-state index is 6.66. The van der Waals surface area contributed by atoms with Gasteiger partial charge in [-0.15, -0.1) is 0 Å². The zero-order valence-electron chi connectivity index (χ0n) is 26.3. The highest BCUT2D eigenvalue weighted by Gasteiger charge is 2.35. The predicted octanol–water partition coefficient (Wildman–Crippen LogP) is 12.8. The van der Waals surface area contributed by atoms with Crippen molar-refractivity contribution < 1.29 is 4.42 Å². The van der Waals surface area contributed by atoms with Crippen molar-refractivity contribution >= 4 is 71.3 Å². The third-order valence-electron chi connectivity index (χ3n) is 10.4. The molecule has 0 spiro atoms. The summed E-state index contributed by atoms with van der Waals surface area (Å²) in [6.07, 6.45) is 0. The van der Waals surface area contributed by atoms with Crippen LogP contribution >= 0.6 is 0 Å². The first-order valence-electron chi connectivity index (χ1n) is 16.4. The summed E-state index contributed by atoms with van der Waals surface area (Å²) in [5.41, 5.74) is 10.3. The summed E-state index contributed by atoms with van der Waals surface area (Å²) in [6.45, 7) is 4.67. The van der Waals surface area contributed by atoms with Gasteiger partial charge in [0.1, 0.15) is 5.58 Å². The van der Waals surface area contributed by atoms with Gasteiger partial charge in [-0.05, 0) is 91.0 Å². The Balaban J connectivity index is 1.29. The van der Waals surface area contributed by atoms with Crippen LogP contribution in [0.3, 0.4) is 0 Å². The van der Waals surface area contributed by atoms with Crippen molar-refractivity contribution in [3.05, 3.63) is 163 Å². The standard InChI is InChI=1S/C45H31NO/c1-45(2)40-19-9-7-16-35(40)39-27-29(23-25-41(39)45)46(42-20-11-18-37-36-17-8-10-21-43(36)47-44(37)42)28-22-24-34-32-14-4-3-12-30(32)31-13-5-6-15-33(31)38(34)26-28/h3-27H,1-2H3. The van der Waals surface area contributed by atoms with E-state index < -0.39 is 0 Å². The lowest BCUT2D eigenvalue weighted by atomic mass is 9.82. The van der Waals surface area contributed by atoms with Crippen molar-refractivity contribution in [3.63, 3.8) is 0 Å². The third-order valence-corrected chi connectivity index (χ3v) is 10.4.